The number of aryl methyl sites for hydroxylation is 1. The third-order valence-electron chi connectivity index (χ3n) is 4.11. The van der Waals surface area contributed by atoms with E-state index in [1.54, 1.807) is 24.2 Å². The average Bonchev–Trinajstić information content (AvgIpc) is 3.12. The smallest absolute Gasteiger partial charge is 0.196 e. The van der Waals surface area contributed by atoms with Gasteiger partial charge in [-0.1, -0.05) is 53.2 Å². The van der Waals surface area contributed by atoms with E-state index in [1.807, 2.05) is 36.4 Å². The van der Waals surface area contributed by atoms with Crippen molar-refractivity contribution in [1.82, 2.24) is 19.7 Å². The van der Waals surface area contributed by atoms with Crippen LogP contribution in [0, 0.1) is 6.92 Å². The van der Waals surface area contributed by atoms with Gasteiger partial charge < -0.3 is 0 Å². The third-order valence-corrected chi connectivity index (χ3v) is 5.36. The first-order valence-corrected chi connectivity index (χ1v) is 9.87. The summed E-state index contributed by atoms with van der Waals surface area (Å²) in [5.41, 5.74) is 4.46. The molecule has 2 aromatic carbocycles. The van der Waals surface area contributed by atoms with Crippen LogP contribution in [-0.4, -0.2) is 19.7 Å². The number of aromatic nitrogens is 4. The summed E-state index contributed by atoms with van der Waals surface area (Å²) in [4.78, 5) is 4.10. The lowest BCUT2D eigenvalue weighted by Crippen LogP contribution is -1.99. The van der Waals surface area contributed by atoms with E-state index in [9.17, 15) is 0 Å². The number of hydrogen-bond acceptors (Lipinski definition) is 4. The Kier molecular flexibility index (Phi) is 5.23. The van der Waals surface area contributed by atoms with Crippen LogP contribution in [0.1, 0.15) is 11.1 Å². The lowest BCUT2D eigenvalue weighted by molar-refractivity contribution is 0.886. The van der Waals surface area contributed by atoms with Crippen molar-refractivity contribution in [2.24, 2.45) is 0 Å². The standard InChI is InChI=1S/C21H17ClN4S/c1-15-3-2-4-16(13-15)14-27-21-25-24-20(17-9-11-23-12-10-17)26(21)19-7-5-18(22)6-8-19/h2-13H,14H2,1H3. The Morgan fingerprint density at radius 3 is 2.48 bits per heavy atom. The number of nitrogens with zero attached hydrogens (tertiary/aromatic N) is 4. The molecule has 2 aromatic heterocycles. The molecule has 0 N–H and O–H groups in total. The highest BCUT2D eigenvalue weighted by Crippen LogP contribution is 2.30. The van der Waals surface area contributed by atoms with Crippen LogP contribution in [0.3, 0.4) is 0 Å². The van der Waals surface area contributed by atoms with Crippen LogP contribution in [0.2, 0.25) is 5.02 Å². The molecule has 0 saturated carbocycles. The first-order chi connectivity index (χ1) is 13.2. The predicted molar refractivity (Wildman–Crippen MR) is 110 cm³/mol. The van der Waals surface area contributed by atoms with Crippen LogP contribution in [-0.2, 0) is 5.75 Å². The Morgan fingerprint density at radius 1 is 0.963 bits per heavy atom. The van der Waals surface area contributed by atoms with Crippen LogP contribution in [0.15, 0.2) is 78.2 Å². The maximum atomic E-state index is 6.07. The van der Waals surface area contributed by atoms with E-state index in [1.165, 1.54) is 11.1 Å². The van der Waals surface area contributed by atoms with E-state index < -0.39 is 0 Å². The fraction of sp³-hybridized carbons (Fsp3) is 0.0952. The largest absolute Gasteiger partial charge is 0.270 e. The maximum absolute atomic E-state index is 6.07. The molecule has 134 valence electrons. The van der Waals surface area contributed by atoms with Crippen molar-refractivity contribution in [1.29, 1.82) is 0 Å². The Balaban J connectivity index is 1.73. The molecule has 27 heavy (non-hydrogen) atoms. The van der Waals surface area contributed by atoms with Gasteiger partial charge in [0.25, 0.3) is 0 Å². The molecule has 0 aliphatic heterocycles. The van der Waals surface area contributed by atoms with Crippen molar-refractivity contribution < 1.29 is 0 Å². The fourth-order valence-electron chi connectivity index (χ4n) is 2.82. The summed E-state index contributed by atoms with van der Waals surface area (Å²) >= 11 is 7.74. The van der Waals surface area contributed by atoms with Crippen molar-refractivity contribution in [3.8, 4) is 17.1 Å². The molecule has 0 spiro atoms. The highest BCUT2D eigenvalue weighted by Gasteiger charge is 2.16. The fourth-order valence-corrected chi connectivity index (χ4v) is 3.84. The van der Waals surface area contributed by atoms with Gasteiger partial charge in [-0.2, -0.15) is 0 Å². The molecule has 4 nitrogen and oxygen atoms in total. The quantitative estimate of drug-likeness (QED) is 0.415. The molecule has 6 heteroatoms. The summed E-state index contributed by atoms with van der Waals surface area (Å²) < 4.78 is 2.06. The summed E-state index contributed by atoms with van der Waals surface area (Å²) in [5.74, 6) is 1.61. The topological polar surface area (TPSA) is 43.6 Å². The van der Waals surface area contributed by atoms with Crippen molar-refractivity contribution in [2.45, 2.75) is 17.8 Å². The molecular formula is C21H17ClN4S. The minimum atomic E-state index is 0.700. The Hall–Kier alpha value is -2.63. The second-order valence-electron chi connectivity index (χ2n) is 6.13. The van der Waals surface area contributed by atoms with Crippen LogP contribution in [0.5, 0.6) is 0 Å². The van der Waals surface area contributed by atoms with Crippen LogP contribution in [0.4, 0.5) is 0 Å². The molecule has 2 heterocycles. The summed E-state index contributed by atoms with van der Waals surface area (Å²) in [5, 5.41) is 10.4. The first-order valence-electron chi connectivity index (χ1n) is 8.51. The van der Waals surface area contributed by atoms with E-state index in [2.05, 4.69) is 50.9 Å². The Labute approximate surface area is 167 Å². The van der Waals surface area contributed by atoms with Crippen LogP contribution < -0.4 is 0 Å². The van der Waals surface area contributed by atoms with Gasteiger partial charge in [0.15, 0.2) is 11.0 Å². The molecular weight excluding hydrogens is 376 g/mol. The molecule has 0 fully saturated rings. The Bertz CT molecular complexity index is 1050. The molecule has 0 saturated heterocycles. The summed E-state index contributed by atoms with van der Waals surface area (Å²) in [6, 6.07) is 20.1. The number of halogens is 1. The molecule has 0 atom stereocenters. The molecule has 4 rings (SSSR count). The van der Waals surface area contributed by atoms with Crippen molar-refractivity contribution in [3.05, 3.63) is 89.2 Å². The lowest BCUT2D eigenvalue weighted by atomic mass is 10.2. The zero-order chi connectivity index (χ0) is 18.6. The molecule has 0 radical (unpaired) electrons. The van der Waals surface area contributed by atoms with Crippen molar-refractivity contribution in [3.63, 3.8) is 0 Å². The molecule has 0 aliphatic rings. The lowest BCUT2D eigenvalue weighted by Gasteiger charge is -2.10. The first kappa shape index (κ1) is 17.8. The predicted octanol–water partition coefficient (Wildman–Crippen LogP) is 5.58. The zero-order valence-electron chi connectivity index (χ0n) is 14.7. The molecule has 4 aromatic rings. The monoisotopic (exact) mass is 392 g/mol. The van der Waals surface area contributed by atoms with Crippen molar-refractivity contribution >= 4 is 23.4 Å². The van der Waals surface area contributed by atoms with Crippen LogP contribution >= 0.6 is 23.4 Å². The number of thioether (sulfide) groups is 1. The third kappa shape index (κ3) is 4.04. The van der Waals surface area contributed by atoms with Gasteiger partial charge in [-0.15, -0.1) is 10.2 Å². The van der Waals surface area contributed by atoms with Gasteiger partial charge in [0.2, 0.25) is 0 Å². The molecule has 0 amide bonds. The summed E-state index contributed by atoms with van der Waals surface area (Å²) in [7, 11) is 0. The normalized spacial score (nSPS) is 10.9. The molecule has 0 aliphatic carbocycles. The summed E-state index contributed by atoms with van der Waals surface area (Å²) in [6.07, 6.45) is 3.52. The van der Waals surface area contributed by atoms with Gasteiger partial charge in [0, 0.05) is 34.4 Å². The van der Waals surface area contributed by atoms with E-state index in [4.69, 9.17) is 11.6 Å². The Morgan fingerprint density at radius 2 is 1.74 bits per heavy atom. The highest BCUT2D eigenvalue weighted by molar-refractivity contribution is 7.98. The number of pyridine rings is 1. The SMILES string of the molecule is Cc1cccc(CSc2nnc(-c3ccncc3)n2-c2ccc(Cl)cc2)c1. The highest BCUT2D eigenvalue weighted by atomic mass is 35.5. The molecule has 0 bridgehead atoms. The van der Waals surface area contributed by atoms with Gasteiger partial charge in [-0.25, -0.2) is 0 Å². The minimum Gasteiger partial charge on any atom is -0.270 e. The van der Waals surface area contributed by atoms with E-state index in [0.29, 0.717) is 5.02 Å². The van der Waals surface area contributed by atoms with Crippen LogP contribution in [0.25, 0.3) is 17.1 Å². The van der Waals surface area contributed by atoms with E-state index in [0.717, 1.165) is 28.0 Å². The summed E-state index contributed by atoms with van der Waals surface area (Å²) in [6.45, 7) is 2.10. The maximum Gasteiger partial charge on any atom is 0.196 e. The minimum absolute atomic E-state index is 0.700. The van der Waals surface area contributed by atoms with Gasteiger partial charge in [-0.3, -0.25) is 9.55 Å². The van der Waals surface area contributed by atoms with Gasteiger partial charge in [-0.05, 0) is 48.9 Å². The van der Waals surface area contributed by atoms with E-state index in [-0.39, 0.29) is 0 Å². The van der Waals surface area contributed by atoms with E-state index >= 15 is 0 Å². The molecule has 0 unspecified atom stereocenters. The van der Waals surface area contributed by atoms with Gasteiger partial charge in [0.05, 0.1) is 0 Å². The number of hydrogen-bond donors (Lipinski definition) is 0. The second-order valence-corrected chi connectivity index (χ2v) is 7.51. The second kappa shape index (κ2) is 7.94. The average molecular weight is 393 g/mol. The number of rotatable bonds is 5. The van der Waals surface area contributed by atoms with Gasteiger partial charge >= 0.3 is 0 Å². The van der Waals surface area contributed by atoms with Crippen molar-refractivity contribution in [2.75, 3.05) is 0 Å². The van der Waals surface area contributed by atoms with Gasteiger partial charge in [0.1, 0.15) is 0 Å². The zero-order valence-corrected chi connectivity index (χ0v) is 16.3. The number of benzene rings is 2.